The third kappa shape index (κ3) is 4.20. The van der Waals surface area contributed by atoms with E-state index in [9.17, 15) is 4.79 Å². The molecule has 4 nitrogen and oxygen atoms in total. The molecule has 22 heavy (non-hydrogen) atoms. The van der Waals surface area contributed by atoms with Gasteiger partial charge in [0.05, 0.1) is 18.7 Å². The molecule has 1 aromatic heterocycles. The maximum Gasteiger partial charge on any atom is 0.252 e. The minimum absolute atomic E-state index is 0.107. The highest BCUT2D eigenvalue weighted by molar-refractivity contribution is 9.10. The van der Waals surface area contributed by atoms with Crippen molar-refractivity contribution in [2.24, 2.45) is 0 Å². The largest absolute Gasteiger partial charge is 0.307 e. The maximum atomic E-state index is 12.3. The van der Waals surface area contributed by atoms with Crippen LogP contribution in [-0.4, -0.2) is 29.6 Å². The van der Waals surface area contributed by atoms with Crippen LogP contribution < -0.4 is 5.56 Å². The predicted molar refractivity (Wildman–Crippen MR) is 91.1 cm³/mol. The fourth-order valence-corrected chi connectivity index (χ4v) is 2.78. The molecule has 0 spiro atoms. The van der Waals surface area contributed by atoms with E-state index < -0.39 is 0 Å². The van der Waals surface area contributed by atoms with Crippen LogP contribution >= 0.6 is 27.5 Å². The number of benzene rings is 1. The summed E-state index contributed by atoms with van der Waals surface area (Å²) < 4.78 is 2.40. The molecule has 1 aromatic carbocycles. The molecule has 1 unspecified atom stereocenters. The summed E-state index contributed by atoms with van der Waals surface area (Å²) in [5.41, 5.74) is 0.825. The van der Waals surface area contributed by atoms with E-state index >= 15 is 0 Å². The first-order chi connectivity index (χ1) is 10.5. The van der Waals surface area contributed by atoms with E-state index in [1.807, 2.05) is 36.2 Å². The van der Waals surface area contributed by atoms with Gasteiger partial charge in [-0.15, -0.1) is 0 Å². The Kier molecular flexibility index (Phi) is 5.78. The lowest BCUT2D eigenvalue weighted by Crippen LogP contribution is -2.33. The van der Waals surface area contributed by atoms with Gasteiger partial charge in [-0.3, -0.25) is 9.69 Å². The highest BCUT2D eigenvalue weighted by atomic mass is 79.9. The lowest BCUT2D eigenvalue weighted by molar-refractivity contribution is 0.322. The third-order valence-electron chi connectivity index (χ3n) is 3.30. The molecular formula is C16H15BrClN3O. The van der Waals surface area contributed by atoms with Crippen molar-refractivity contribution in [1.82, 2.24) is 9.47 Å². The predicted octanol–water partition coefficient (Wildman–Crippen LogP) is 3.31. The maximum absolute atomic E-state index is 12.3. The summed E-state index contributed by atoms with van der Waals surface area (Å²) in [5, 5.41) is 9.46. The molecule has 0 aliphatic rings. The number of hydrogen-bond donors (Lipinski definition) is 0. The number of halogens is 2. The van der Waals surface area contributed by atoms with Gasteiger partial charge in [0, 0.05) is 28.3 Å². The number of likely N-dealkylation sites (N-methyl/N-ethyl adjacent to an activating group) is 1. The second-order valence-corrected chi connectivity index (χ2v) is 6.37. The van der Waals surface area contributed by atoms with Crippen LogP contribution in [0.3, 0.4) is 0 Å². The molecule has 0 saturated heterocycles. The second kappa shape index (κ2) is 7.59. The molecule has 0 N–H and O–H groups in total. The van der Waals surface area contributed by atoms with E-state index in [0.717, 1.165) is 10.0 Å². The molecular weight excluding hydrogens is 366 g/mol. The molecule has 0 saturated carbocycles. The van der Waals surface area contributed by atoms with Gasteiger partial charge in [-0.2, -0.15) is 5.26 Å². The Labute approximate surface area is 142 Å². The first kappa shape index (κ1) is 16.8. The number of hydrogen-bond acceptors (Lipinski definition) is 3. The van der Waals surface area contributed by atoms with Crippen LogP contribution in [0.4, 0.5) is 0 Å². The molecule has 0 radical (unpaired) electrons. The SMILES string of the molecule is CN(CC#N)CC(c1cccc(Cl)c1)n1ccc(Br)cc1=O. The summed E-state index contributed by atoms with van der Waals surface area (Å²) in [6.45, 7) is 0.831. The van der Waals surface area contributed by atoms with E-state index in [4.69, 9.17) is 16.9 Å². The van der Waals surface area contributed by atoms with E-state index in [0.29, 0.717) is 18.1 Å². The van der Waals surface area contributed by atoms with Gasteiger partial charge in [0.2, 0.25) is 0 Å². The smallest absolute Gasteiger partial charge is 0.252 e. The van der Waals surface area contributed by atoms with Crippen molar-refractivity contribution < 1.29 is 0 Å². The van der Waals surface area contributed by atoms with Crippen LogP contribution in [0.2, 0.25) is 5.02 Å². The summed E-state index contributed by atoms with van der Waals surface area (Å²) in [4.78, 5) is 14.2. The average Bonchev–Trinajstić information content (AvgIpc) is 2.46. The van der Waals surface area contributed by atoms with E-state index in [1.165, 1.54) is 6.07 Å². The lowest BCUT2D eigenvalue weighted by atomic mass is 10.1. The van der Waals surface area contributed by atoms with Crippen molar-refractivity contribution in [3.8, 4) is 6.07 Å². The number of nitrogens with zero attached hydrogens (tertiary/aromatic N) is 3. The molecule has 0 bridgehead atoms. The van der Waals surface area contributed by atoms with Gasteiger partial charge in [0.1, 0.15) is 0 Å². The number of pyridine rings is 1. The molecule has 0 amide bonds. The molecule has 0 aliphatic heterocycles. The molecule has 2 aromatic rings. The first-order valence-electron chi connectivity index (χ1n) is 6.70. The number of nitriles is 1. The second-order valence-electron chi connectivity index (χ2n) is 5.02. The minimum atomic E-state index is -0.211. The van der Waals surface area contributed by atoms with Crippen molar-refractivity contribution in [2.45, 2.75) is 6.04 Å². The van der Waals surface area contributed by atoms with E-state index in [1.54, 1.807) is 16.8 Å². The van der Waals surface area contributed by atoms with Crippen molar-refractivity contribution in [3.05, 3.63) is 68.0 Å². The Balaban J connectivity index is 2.45. The fourth-order valence-electron chi connectivity index (χ4n) is 2.27. The van der Waals surface area contributed by atoms with Crippen molar-refractivity contribution in [2.75, 3.05) is 20.1 Å². The zero-order valence-electron chi connectivity index (χ0n) is 12.0. The van der Waals surface area contributed by atoms with Crippen molar-refractivity contribution in [3.63, 3.8) is 0 Å². The van der Waals surface area contributed by atoms with Crippen LogP contribution in [0.15, 0.2) is 51.9 Å². The monoisotopic (exact) mass is 379 g/mol. The summed E-state index contributed by atoms with van der Waals surface area (Å²) in [7, 11) is 1.85. The Morgan fingerprint density at radius 3 is 2.82 bits per heavy atom. The molecule has 2 rings (SSSR count). The Bertz CT molecular complexity index is 754. The lowest BCUT2D eigenvalue weighted by Gasteiger charge is -2.25. The molecule has 1 atom stereocenters. The van der Waals surface area contributed by atoms with Crippen molar-refractivity contribution >= 4 is 27.5 Å². The van der Waals surface area contributed by atoms with Crippen LogP contribution in [0, 0.1) is 11.3 Å². The van der Waals surface area contributed by atoms with Gasteiger partial charge < -0.3 is 4.57 Å². The van der Waals surface area contributed by atoms with Crippen LogP contribution in [0.25, 0.3) is 0 Å². The zero-order valence-corrected chi connectivity index (χ0v) is 14.4. The summed E-state index contributed by atoms with van der Waals surface area (Å²) in [6, 6.07) is 12.7. The third-order valence-corrected chi connectivity index (χ3v) is 4.03. The Hall–Kier alpha value is -1.61. The van der Waals surface area contributed by atoms with Gasteiger partial charge in [0.15, 0.2) is 0 Å². The molecule has 6 heteroatoms. The van der Waals surface area contributed by atoms with Crippen LogP contribution in [0.1, 0.15) is 11.6 Å². The molecule has 1 heterocycles. The van der Waals surface area contributed by atoms with Crippen molar-refractivity contribution in [1.29, 1.82) is 5.26 Å². The minimum Gasteiger partial charge on any atom is -0.307 e. The highest BCUT2D eigenvalue weighted by Crippen LogP contribution is 2.22. The van der Waals surface area contributed by atoms with Gasteiger partial charge >= 0.3 is 0 Å². The van der Waals surface area contributed by atoms with E-state index in [-0.39, 0.29) is 11.6 Å². The quantitative estimate of drug-likeness (QED) is 0.748. The highest BCUT2D eigenvalue weighted by Gasteiger charge is 2.17. The van der Waals surface area contributed by atoms with Crippen LogP contribution in [-0.2, 0) is 0 Å². The van der Waals surface area contributed by atoms with Gasteiger partial charge in [-0.1, -0.05) is 39.7 Å². The first-order valence-corrected chi connectivity index (χ1v) is 7.87. The Morgan fingerprint density at radius 1 is 1.41 bits per heavy atom. The fraction of sp³-hybridized carbons (Fsp3) is 0.250. The molecule has 0 fully saturated rings. The van der Waals surface area contributed by atoms with E-state index in [2.05, 4.69) is 22.0 Å². The Morgan fingerprint density at radius 2 is 2.18 bits per heavy atom. The number of aromatic nitrogens is 1. The topological polar surface area (TPSA) is 49.0 Å². The summed E-state index contributed by atoms with van der Waals surface area (Å²) in [6.07, 6.45) is 1.75. The standard InChI is InChI=1S/C16H15BrClN3O/c1-20(8-6-19)11-15(12-3-2-4-14(18)9-12)21-7-5-13(17)10-16(21)22/h2-5,7,9-10,15H,8,11H2,1H3. The van der Waals surface area contributed by atoms with Gasteiger partial charge in [-0.05, 0) is 30.8 Å². The number of rotatable bonds is 5. The zero-order chi connectivity index (χ0) is 16.1. The summed E-state index contributed by atoms with van der Waals surface area (Å²) in [5.74, 6) is 0. The molecule has 0 aliphatic carbocycles. The average molecular weight is 381 g/mol. The van der Waals surface area contributed by atoms with Gasteiger partial charge in [0.25, 0.3) is 5.56 Å². The molecule has 114 valence electrons. The van der Waals surface area contributed by atoms with Gasteiger partial charge in [-0.25, -0.2) is 0 Å². The summed E-state index contributed by atoms with van der Waals surface area (Å²) >= 11 is 9.38. The van der Waals surface area contributed by atoms with Crippen LogP contribution in [0.5, 0.6) is 0 Å². The normalized spacial score (nSPS) is 12.1.